The average Bonchev–Trinajstić information content (AvgIpc) is 2.89. The standard InChI is InChI=1S/C16H23N5O/c1-6-20(14-7-8-17-18-9-14)16(22)15-10-19-21(13(15)5)12(4)11(2)3/h7-12H,6H2,1-5H3/t12-/m0/s1. The number of aromatic nitrogens is 4. The summed E-state index contributed by atoms with van der Waals surface area (Å²) in [6.45, 7) is 10.9. The summed E-state index contributed by atoms with van der Waals surface area (Å²) in [5, 5.41) is 12.0. The first-order valence-corrected chi connectivity index (χ1v) is 7.60. The van der Waals surface area contributed by atoms with E-state index in [-0.39, 0.29) is 11.9 Å². The first kappa shape index (κ1) is 16.1. The van der Waals surface area contributed by atoms with Gasteiger partial charge >= 0.3 is 0 Å². The first-order chi connectivity index (χ1) is 10.5. The number of nitrogens with zero attached hydrogens (tertiary/aromatic N) is 5. The first-order valence-electron chi connectivity index (χ1n) is 7.60. The Kier molecular flexibility index (Phi) is 4.90. The monoisotopic (exact) mass is 301 g/mol. The Bertz CT molecular complexity index is 635. The van der Waals surface area contributed by atoms with Crippen molar-refractivity contribution in [3.8, 4) is 0 Å². The third-order valence-corrected chi connectivity index (χ3v) is 4.07. The van der Waals surface area contributed by atoms with Gasteiger partial charge in [0.1, 0.15) is 0 Å². The summed E-state index contributed by atoms with van der Waals surface area (Å²) in [5.41, 5.74) is 2.27. The second-order valence-corrected chi connectivity index (χ2v) is 5.72. The van der Waals surface area contributed by atoms with Crippen LogP contribution in [0.5, 0.6) is 0 Å². The smallest absolute Gasteiger partial charge is 0.261 e. The summed E-state index contributed by atoms with van der Waals surface area (Å²) in [6, 6.07) is 2.03. The maximum atomic E-state index is 12.8. The van der Waals surface area contributed by atoms with Crippen LogP contribution in [-0.2, 0) is 0 Å². The SMILES string of the molecule is CCN(C(=O)c1cnn([C@@H](C)C(C)C)c1C)c1ccnnc1. The van der Waals surface area contributed by atoms with Gasteiger partial charge in [0, 0.05) is 12.2 Å². The molecule has 22 heavy (non-hydrogen) atoms. The highest BCUT2D eigenvalue weighted by Gasteiger charge is 2.23. The molecule has 0 fully saturated rings. The molecule has 2 aromatic rings. The molecule has 2 aromatic heterocycles. The van der Waals surface area contributed by atoms with Crippen molar-refractivity contribution in [2.75, 3.05) is 11.4 Å². The molecule has 0 radical (unpaired) electrons. The Morgan fingerprint density at radius 1 is 1.27 bits per heavy atom. The fourth-order valence-electron chi connectivity index (χ4n) is 2.36. The maximum absolute atomic E-state index is 12.8. The van der Waals surface area contributed by atoms with Gasteiger partial charge in [0.15, 0.2) is 0 Å². The molecule has 1 atom stereocenters. The van der Waals surface area contributed by atoms with Crippen molar-refractivity contribution in [3.63, 3.8) is 0 Å². The van der Waals surface area contributed by atoms with Crippen LogP contribution in [0.15, 0.2) is 24.7 Å². The molecule has 0 N–H and O–H groups in total. The van der Waals surface area contributed by atoms with Crippen molar-refractivity contribution < 1.29 is 4.79 Å². The lowest BCUT2D eigenvalue weighted by molar-refractivity contribution is 0.0987. The molecule has 0 unspecified atom stereocenters. The van der Waals surface area contributed by atoms with Crippen molar-refractivity contribution >= 4 is 11.6 Å². The van der Waals surface area contributed by atoms with Crippen LogP contribution in [0.3, 0.4) is 0 Å². The number of anilines is 1. The van der Waals surface area contributed by atoms with Gasteiger partial charge in [0.2, 0.25) is 0 Å². The van der Waals surface area contributed by atoms with Gasteiger partial charge in [-0.2, -0.15) is 15.3 Å². The van der Waals surface area contributed by atoms with Crippen LogP contribution < -0.4 is 4.90 Å². The van der Waals surface area contributed by atoms with Crippen molar-refractivity contribution in [1.29, 1.82) is 0 Å². The lowest BCUT2D eigenvalue weighted by atomic mass is 10.1. The number of hydrogen-bond donors (Lipinski definition) is 0. The van der Waals surface area contributed by atoms with Crippen molar-refractivity contribution in [2.24, 2.45) is 5.92 Å². The zero-order valence-corrected chi connectivity index (χ0v) is 13.8. The van der Waals surface area contributed by atoms with E-state index in [0.717, 1.165) is 11.4 Å². The van der Waals surface area contributed by atoms with Crippen LogP contribution in [0.25, 0.3) is 0 Å². The van der Waals surface area contributed by atoms with Crippen LogP contribution in [0.2, 0.25) is 0 Å². The van der Waals surface area contributed by atoms with Crippen LogP contribution in [0.4, 0.5) is 5.69 Å². The highest BCUT2D eigenvalue weighted by atomic mass is 16.2. The summed E-state index contributed by atoms with van der Waals surface area (Å²) >= 11 is 0. The summed E-state index contributed by atoms with van der Waals surface area (Å²) in [4.78, 5) is 14.5. The summed E-state index contributed by atoms with van der Waals surface area (Å²) < 4.78 is 1.93. The van der Waals surface area contributed by atoms with E-state index in [2.05, 4.69) is 36.1 Å². The van der Waals surface area contributed by atoms with E-state index < -0.39 is 0 Å². The highest BCUT2D eigenvalue weighted by Crippen LogP contribution is 2.22. The van der Waals surface area contributed by atoms with E-state index in [1.807, 2.05) is 18.5 Å². The quantitative estimate of drug-likeness (QED) is 0.852. The fraction of sp³-hybridized carbons (Fsp3) is 0.500. The summed E-state index contributed by atoms with van der Waals surface area (Å²) in [6.07, 6.45) is 4.84. The maximum Gasteiger partial charge on any atom is 0.261 e. The Morgan fingerprint density at radius 3 is 2.55 bits per heavy atom. The number of hydrogen-bond acceptors (Lipinski definition) is 4. The van der Waals surface area contributed by atoms with E-state index in [9.17, 15) is 4.79 Å². The minimum Gasteiger partial charge on any atom is -0.307 e. The third-order valence-electron chi connectivity index (χ3n) is 4.07. The minimum atomic E-state index is -0.0600. The summed E-state index contributed by atoms with van der Waals surface area (Å²) in [7, 11) is 0. The van der Waals surface area contributed by atoms with Gasteiger partial charge in [-0.15, -0.1) is 0 Å². The molecule has 0 aliphatic rings. The molecule has 1 amide bonds. The largest absolute Gasteiger partial charge is 0.307 e. The number of rotatable bonds is 5. The molecule has 2 heterocycles. The Balaban J connectivity index is 2.33. The van der Waals surface area contributed by atoms with Gasteiger partial charge in [0.05, 0.1) is 35.9 Å². The van der Waals surface area contributed by atoms with Gasteiger partial charge in [-0.1, -0.05) is 13.8 Å². The molecule has 0 saturated carbocycles. The molecule has 0 bridgehead atoms. The van der Waals surface area contributed by atoms with Gasteiger partial charge in [0.25, 0.3) is 5.91 Å². The van der Waals surface area contributed by atoms with E-state index in [1.54, 1.807) is 29.6 Å². The number of carbonyl (C=O) groups is 1. The lowest BCUT2D eigenvalue weighted by Gasteiger charge is -2.21. The minimum absolute atomic E-state index is 0.0600. The Hall–Kier alpha value is -2.24. The van der Waals surface area contributed by atoms with Gasteiger partial charge in [-0.3, -0.25) is 9.48 Å². The molecule has 2 rings (SSSR count). The molecule has 6 nitrogen and oxygen atoms in total. The third kappa shape index (κ3) is 3.00. The van der Waals surface area contributed by atoms with Crippen LogP contribution in [0, 0.1) is 12.8 Å². The average molecular weight is 301 g/mol. The second-order valence-electron chi connectivity index (χ2n) is 5.72. The van der Waals surface area contributed by atoms with E-state index in [4.69, 9.17) is 0 Å². The summed E-state index contributed by atoms with van der Waals surface area (Å²) in [5.74, 6) is 0.392. The normalized spacial score (nSPS) is 12.5. The van der Waals surface area contributed by atoms with Crippen molar-refractivity contribution in [3.05, 3.63) is 35.9 Å². The topological polar surface area (TPSA) is 63.9 Å². The van der Waals surface area contributed by atoms with Gasteiger partial charge in [-0.05, 0) is 32.8 Å². The Morgan fingerprint density at radius 2 is 2.00 bits per heavy atom. The zero-order valence-electron chi connectivity index (χ0n) is 13.8. The van der Waals surface area contributed by atoms with Gasteiger partial charge < -0.3 is 4.90 Å². The van der Waals surface area contributed by atoms with Crippen molar-refractivity contribution in [2.45, 2.75) is 40.7 Å². The predicted molar refractivity (Wildman–Crippen MR) is 85.9 cm³/mol. The van der Waals surface area contributed by atoms with Crippen LogP contribution >= 0.6 is 0 Å². The van der Waals surface area contributed by atoms with Crippen LogP contribution in [-0.4, -0.2) is 32.4 Å². The van der Waals surface area contributed by atoms with Crippen molar-refractivity contribution in [1.82, 2.24) is 20.0 Å². The molecule has 0 spiro atoms. The number of amides is 1. The lowest BCUT2D eigenvalue weighted by Crippen LogP contribution is -2.31. The molecule has 0 saturated heterocycles. The van der Waals surface area contributed by atoms with Gasteiger partial charge in [-0.25, -0.2) is 0 Å². The molecule has 0 aliphatic heterocycles. The Labute approximate surface area is 131 Å². The molecular weight excluding hydrogens is 278 g/mol. The fourth-order valence-corrected chi connectivity index (χ4v) is 2.36. The molecule has 118 valence electrons. The molecule has 6 heteroatoms. The second kappa shape index (κ2) is 6.68. The van der Waals surface area contributed by atoms with E-state index in [0.29, 0.717) is 18.0 Å². The highest BCUT2D eigenvalue weighted by molar-refractivity contribution is 6.06. The zero-order chi connectivity index (χ0) is 16.3. The van der Waals surface area contributed by atoms with E-state index in [1.165, 1.54) is 0 Å². The molecule has 0 aliphatic carbocycles. The molecular formula is C16H23N5O. The van der Waals surface area contributed by atoms with E-state index >= 15 is 0 Å². The predicted octanol–water partition coefficient (Wildman–Crippen LogP) is 2.87. The molecule has 0 aromatic carbocycles. The number of carbonyl (C=O) groups excluding carboxylic acids is 1. The van der Waals surface area contributed by atoms with Crippen LogP contribution in [0.1, 0.15) is 49.8 Å².